The van der Waals surface area contributed by atoms with Crippen LogP contribution in [0.5, 0.6) is 0 Å². The molecule has 2 rings (SSSR count). The quantitative estimate of drug-likeness (QED) is 0.722. The monoisotopic (exact) mass is 339 g/mol. The Hall–Kier alpha value is -2.82. The summed E-state index contributed by atoms with van der Waals surface area (Å²) in [6.07, 6.45) is 0.904. The van der Waals surface area contributed by atoms with Gasteiger partial charge >= 0.3 is 0 Å². The van der Waals surface area contributed by atoms with E-state index < -0.39 is 0 Å². The predicted octanol–water partition coefficient (Wildman–Crippen LogP) is 3.57. The van der Waals surface area contributed by atoms with Gasteiger partial charge in [-0.25, -0.2) is 0 Å². The number of benzene rings is 2. The molecule has 0 aliphatic rings. The molecule has 2 aromatic rings. The number of amides is 2. The Morgan fingerprint density at radius 1 is 1.04 bits per heavy atom. The fraction of sp³-hybridized carbons (Fsp3) is 0.300. The molecule has 0 aliphatic heterocycles. The molecule has 0 aromatic heterocycles. The number of carbonyl (C=O) groups excluding carboxylic acids is 2. The molecular formula is C20H25N3O2. The van der Waals surface area contributed by atoms with Crippen LogP contribution in [0.3, 0.4) is 0 Å². The van der Waals surface area contributed by atoms with Crippen LogP contribution in [0.25, 0.3) is 0 Å². The fourth-order valence-electron chi connectivity index (χ4n) is 2.27. The highest BCUT2D eigenvalue weighted by atomic mass is 16.2. The molecule has 2 amide bonds. The third-order valence-electron chi connectivity index (χ3n) is 3.90. The van der Waals surface area contributed by atoms with E-state index in [0.717, 1.165) is 17.7 Å². The summed E-state index contributed by atoms with van der Waals surface area (Å²) in [6, 6.07) is 14.9. The third-order valence-corrected chi connectivity index (χ3v) is 3.90. The summed E-state index contributed by atoms with van der Waals surface area (Å²) >= 11 is 0. The smallest absolute Gasteiger partial charge is 0.255 e. The van der Waals surface area contributed by atoms with Crippen LogP contribution in [0, 0.1) is 6.92 Å². The summed E-state index contributed by atoms with van der Waals surface area (Å²) in [5.41, 5.74) is 3.21. The van der Waals surface area contributed by atoms with E-state index in [1.807, 2.05) is 63.2 Å². The fourth-order valence-corrected chi connectivity index (χ4v) is 2.27. The highest BCUT2D eigenvalue weighted by molar-refractivity contribution is 6.04. The molecule has 0 saturated heterocycles. The van der Waals surface area contributed by atoms with Gasteiger partial charge in [-0.1, -0.05) is 24.6 Å². The van der Waals surface area contributed by atoms with Crippen LogP contribution >= 0.6 is 0 Å². The van der Waals surface area contributed by atoms with Crippen LogP contribution in [0.2, 0.25) is 0 Å². The maximum atomic E-state index is 12.2. The highest BCUT2D eigenvalue weighted by Crippen LogP contribution is 2.15. The summed E-state index contributed by atoms with van der Waals surface area (Å²) in [6.45, 7) is 6.18. The highest BCUT2D eigenvalue weighted by Gasteiger charge is 2.07. The lowest BCUT2D eigenvalue weighted by Gasteiger charge is -2.12. The van der Waals surface area contributed by atoms with Crippen molar-refractivity contribution in [3.63, 3.8) is 0 Å². The third kappa shape index (κ3) is 5.95. The van der Waals surface area contributed by atoms with Crippen LogP contribution in [-0.2, 0) is 4.79 Å². The largest absolute Gasteiger partial charge is 0.376 e. The van der Waals surface area contributed by atoms with Gasteiger partial charge in [0, 0.05) is 23.0 Å². The van der Waals surface area contributed by atoms with Crippen LogP contribution in [0.1, 0.15) is 36.2 Å². The molecule has 0 fully saturated rings. The van der Waals surface area contributed by atoms with Crippen LogP contribution in [-0.4, -0.2) is 24.4 Å². The molecular weight excluding hydrogens is 314 g/mol. The van der Waals surface area contributed by atoms with Crippen molar-refractivity contribution in [3.8, 4) is 0 Å². The Bertz CT molecular complexity index is 726. The zero-order chi connectivity index (χ0) is 18.2. The Morgan fingerprint density at radius 2 is 1.72 bits per heavy atom. The minimum absolute atomic E-state index is 0.0359. The van der Waals surface area contributed by atoms with Gasteiger partial charge in [0.15, 0.2) is 0 Å². The lowest BCUT2D eigenvalue weighted by Crippen LogP contribution is -2.36. The zero-order valence-electron chi connectivity index (χ0n) is 14.9. The average molecular weight is 339 g/mol. The first kappa shape index (κ1) is 18.5. The Kier molecular flexibility index (Phi) is 6.57. The van der Waals surface area contributed by atoms with Crippen molar-refractivity contribution >= 4 is 23.2 Å². The normalized spacial score (nSPS) is 11.5. The minimum Gasteiger partial charge on any atom is -0.376 e. The van der Waals surface area contributed by atoms with Gasteiger partial charge in [-0.05, 0) is 56.7 Å². The topological polar surface area (TPSA) is 70.2 Å². The number of nitrogens with one attached hydrogen (secondary N) is 3. The summed E-state index contributed by atoms with van der Waals surface area (Å²) in [4.78, 5) is 24.0. The molecule has 132 valence electrons. The van der Waals surface area contributed by atoms with Gasteiger partial charge in [0.2, 0.25) is 5.91 Å². The summed E-state index contributed by atoms with van der Waals surface area (Å²) in [5, 5.41) is 8.84. The molecule has 25 heavy (non-hydrogen) atoms. The Labute approximate surface area is 148 Å². The first-order chi connectivity index (χ1) is 12.0. The molecule has 0 bridgehead atoms. The molecule has 2 aromatic carbocycles. The first-order valence-electron chi connectivity index (χ1n) is 8.49. The lowest BCUT2D eigenvalue weighted by atomic mass is 10.1. The second kappa shape index (κ2) is 8.87. The van der Waals surface area contributed by atoms with Gasteiger partial charge in [0.05, 0.1) is 6.54 Å². The SMILES string of the molecule is CCC(C)NC(=O)CNc1ccc(NC(=O)c2cccc(C)c2)cc1. The molecule has 0 heterocycles. The van der Waals surface area contributed by atoms with E-state index in [1.54, 1.807) is 6.07 Å². The van der Waals surface area contributed by atoms with Gasteiger partial charge in [-0.2, -0.15) is 0 Å². The van der Waals surface area contributed by atoms with Crippen molar-refractivity contribution in [2.75, 3.05) is 17.2 Å². The molecule has 0 aliphatic carbocycles. The number of carbonyl (C=O) groups is 2. The summed E-state index contributed by atoms with van der Waals surface area (Å²) in [5.74, 6) is -0.177. The molecule has 1 unspecified atom stereocenters. The number of hydrogen-bond donors (Lipinski definition) is 3. The number of aryl methyl sites for hydroxylation is 1. The van der Waals surface area contributed by atoms with Crippen molar-refractivity contribution < 1.29 is 9.59 Å². The van der Waals surface area contributed by atoms with Crippen molar-refractivity contribution in [1.82, 2.24) is 5.32 Å². The van der Waals surface area contributed by atoms with E-state index in [0.29, 0.717) is 11.3 Å². The molecule has 5 heteroatoms. The second-order valence-electron chi connectivity index (χ2n) is 6.13. The van der Waals surface area contributed by atoms with E-state index >= 15 is 0 Å². The summed E-state index contributed by atoms with van der Waals surface area (Å²) < 4.78 is 0. The second-order valence-corrected chi connectivity index (χ2v) is 6.13. The first-order valence-corrected chi connectivity index (χ1v) is 8.49. The Morgan fingerprint density at radius 3 is 2.36 bits per heavy atom. The maximum absolute atomic E-state index is 12.2. The van der Waals surface area contributed by atoms with Gasteiger partial charge < -0.3 is 16.0 Å². The number of rotatable bonds is 7. The lowest BCUT2D eigenvalue weighted by molar-refractivity contribution is -0.120. The zero-order valence-corrected chi connectivity index (χ0v) is 14.9. The number of anilines is 2. The van der Waals surface area contributed by atoms with E-state index in [4.69, 9.17) is 0 Å². The molecule has 0 saturated carbocycles. The predicted molar refractivity (Wildman–Crippen MR) is 102 cm³/mol. The van der Waals surface area contributed by atoms with E-state index in [1.165, 1.54) is 0 Å². The van der Waals surface area contributed by atoms with Gasteiger partial charge in [0.1, 0.15) is 0 Å². The van der Waals surface area contributed by atoms with E-state index in [9.17, 15) is 9.59 Å². The van der Waals surface area contributed by atoms with Crippen molar-refractivity contribution in [1.29, 1.82) is 0 Å². The van der Waals surface area contributed by atoms with Crippen molar-refractivity contribution in [2.45, 2.75) is 33.2 Å². The van der Waals surface area contributed by atoms with Gasteiger partial charge in [-0.15, -0.1) is 0 Å². The standard InChI is InChI=1S/C20H25N3O2/c1-4-15(3)22-19(24)13-21-17-8-10-18(11-9-17)23-20(25)16-7-5-6-14(2)12-16/h5-12,15,21H,4,13H2,1-3H3,(H,22,24)(H,23,25). The molecule has 0 radical (unpaired) electrons. The van der Waals surface area contributed by atoms with Crippen LogP contribution in [0.4, 0.5) is 11.4 Å². The van der Waals surface area contributed by atoms with E-state index in [-0.39, 0.29) is 24.4 Å². The molecule has 0 spiro atoms. The van der Waals surface area contributed by atoms with Crippen molar-refractivity contribution in [2.24, 2.45) is 0 Å². The van der Waals surface area contributed by atoms with Gasteiger partial charge in [0.25, 0.3) is 5.91 Å². The Balaban J connectivity index is 1.87. The van der Waals surface area contributed by atoms with Crippen molar-refractivity contribution in [3.05, 3.63) is 59.7 Å². The van der Waals surface area contributed by atoms with Gasteiger partial charge in [-0.3, -0.25) is 9.59 Å². The minimum atomic E-state index is -0.141. The molecule has 3 N–H and O–H groups in total. The molecule has 1 atom stereocenters. The maximum Gasteiger partial charge on any atom is 0.255 e. The van der Waals surface area contributed by atoms with Crippen LogP contribution < -0.4 is 16.0 Å². The number of hydrogen-bond acceptors (Lipinski definition) is 3. The van der Waals surface area contributed by atoms with Crippen LogP contribution in [0.15, 0.2) is 48.5 Å². The molecule has 5 nitrogen and oxygen atoms in total. The van der Waals surface area contributed by atoms with E-state index in [2.05, 4.69) is 16.0 Å². The summed E-state index contributed by atoms with van der Waals surface area (Å²) in [7, 11) is 0. The average Bonchev–Trinajstić information content (AvgIpc) is 2.61.